The van der Waals surface area contributed by atoms with E-state index in [2.05, 4.69) is 31.4 Å². The summed E-state index contributed by atoms with van der Waals surface area (Å²) in [7, 11) is -4.65. The second-order valence-corrected chi connectivity index (χ2v) is 20.8. The van der Waals surface area contributed by atoms with Gasteiger partial charge in [-0.05, 0) is 94.7 Å². The molecule has 2 saturated heterocycles. The number of H-pyrrole nitrogens is 1. The van der Waals surface area contributed by atoms with Crippen LogP contribution in [-0.4, -0.2) is 102 Å². The number of morpholine rings is 1. The predicted octanol–water partition coefficient (Wildman–Crippen LogP) is 7.30. The zero-order valence-electron chi connectivity index (χ0n) is 33.5. The number of nitro groups is 1. The molecule has 4 fully saturated rings. The third-order valence-electron chi connectivity index (χ3n) is 13.4. The van der Waals surface area contributed by atoms with Gasteiger partial charge in [-0.3, -0.25) is 19.8 Å². The lowest BCUT2D eigenvalue weighted by atomic mass is 9.59. The van der Waals surface area contributed by atoms with Gasteiger partial charge in [-0.1, -0.05) is 11.6 Å². The minimum Gasteiger partial charge on any atom is -0.491 e. The summed E-state index contributed by atoms with van der Waals surface area (Å²) in [6.07, 6.45) is 10.3. The maximum absolute atomic E-state index is 14.0. The fourth-order valence-corrected chi connectivity index (χ4v) is 12.3. The summed E-state index contributed by atoms with van der Waals surface area (Å²) < 4.78 is 47.9. The Kier molecular flexibility index (Phi) is 11.0. The number of piperidine rings is 1. The Bertz CT molecular complexity index is 2420. The van der Waals surface area contributed by atoms with Crippen molar-refractivity contribution in [3.63, 3.8) is 0 Å². The number of aromatic nitrogens is 2. The molecule has 3 N–H and O–H groups in total. The van der Waals surface area contributed by atoms with Crippen LogP contribution in [0.2, 0.25) is 5.02 Å². The zero-order valence-corrected chi connectivity index (χ0v) is 35.9. The maximum atomic E-state index is 14.0. The Balaban J connectivity index is 0.946. The minimum atomic E-state index is -4.65. The molecular formula is C42H49ClN6O9S2. The first-order valence-electron chi connectivity index (χ1n) is 20.6. The first-order chi connectivity index (χ1) is 28.7. The number of sulfonamides is 1. The molecule has 1 amide bonds. The van der Waals surface area contributed by atoms with E-state index in [-0.39, 0.29) is 45.5 Å². The van der Waals surface area contributed by atoms with Crippen LogP contribution in [0.5, 0.6) is 17.2 Å². The molecule has 5 heterocycles. The van der Waals surface area contributed by atoms with Gasteiger partial charge in [0.05, 0.1) is 45.4 Å². The molecule has 60 heavy (non-hydrogen) atoms. The van der Waals surface area contributed by atoms with Crippen LogP contribution in [0, 0.1) is 21.4 Å². The number of nitrogens with zero attached hydrogens (tertiary/aromatic N) is 4. The summed E-state index contributed by atoms with van der Waals surface area (Å²) in [5.74, 6) is -0.352. The number of aliphatic hydroxyl groups is 1. The predicted molar refractivity (Wildman–Crippen MR) is 227 cm³/mol. The van der Waals surface area contributed by atoms with Crippen LogP contribution in [0.25, 0.3) is 11.0 Å². The van der Waals surface area contributed by atoms with E-state index in [0.29, 0.717) is 46.4 Å². The summed E-state index contributed by atoms with van der Waals surface area (Å²) in [5, 5.41) is 23.7. The number of carbonyl (C=O) groups excluding carboxylic acids is 1. The van der Waals surface area contributed by atoms with Gasteiger partial charge in [0.15, 0.2) is 0 Å². The summed E-state index contributed by atoms with van der Waals surface area (Å²) >= 11 is 7.68. The number of anilines is 1. The zero-order chi connectivity index (χ0) is 42.0. The highest BCUT2D eigenvalue weighted by molar-refractivity contribution is 8.00. The lowest BCUT2D eigenvalue weighted by molar-refractivity contribution is -0.388. The van der Waals surface area contributed by atoms with E-state index < -0.39 is 37.0 Å². The Morgan fingerprint density at radius 3 is 2.62 bits per heavy atom. The molecule has 4 aromatic rings. The van der Waals surface area contributed by atoms with Crippen molar-refractivity contribution < 1.29 is 37.5 Å². The van der Waals surface area contributed by atoms with Gasteiger partial charge in [0, 0.05) is 72.4 Å². The molecule has 0 bridgehead atoms. The minimum absolute atomic E-state index is 0.0638. The quantitative estimate of drug-likeness (QED) is 0.112. The molecule has 9 rings (SSSR count). The number of ether oxygens (including phenoxy) is 3. The average Bonchev–Trinajstić information content (AvgIpc) is 3.58. The largest absolute Gasteiger partial charge is 0.491 e. The highest BCUT2D eigenvalue weighted by Crippen LogP contribution is 2.52. The third-order valence-corrected chi connectivity index (χ3v) is 16.4. The van der Waals surface area contributed by atoms with Gasteiger partial charge < -0.3 is 29.2 Å². The molecule has 2 saturated carbocycles. The van der Waals surface area contributed by atoms with E-state index in [9.17, 15) is 28.4 Å². The molecule has 2 aliphatic carbocycles. The Morgan fingerprint density at radius 2 is 1.88 bits per heavy atom. The molecule has 0 radical (unpaired) electrons. The van der Waals surface area contributed by atoms with Gasteiger partial charge >= 0.3 is 0 Å². The van der Waals surface area contributed by atoms with Crippen molar-refractivity contribution in [1.82, 2.24) is 19.6 Å². The third kappa shape index (κ3) is 8.16. The number of thioether (sulfide) groups is 1. The number of amides is 1. The maximum Gasteiger partial charge on any atom is 0.288 e. The Morgan fingerprint density at radius 1 is 1.12 bits per heavy atom. The van der Waals surface area contributed by atoms with Crippen LogP contribution in [0.15, 0.2) is 58.6 Å². The number of nitro benzene ring substituents is 1. The van der Waals surface area contributed by atoms with Gasteiger partial charge in [-0.25, -0.2) is 18.1 Å². The number of pyridine rings is 1. The van der Waals surface area contributed by atoms with Gasteiger partial charge in [0.25, 0.3) is 21.6 Å². The average molecular weight is 881 g/mol. The highest BCUT2D eigenvalue weighted by Gasteiger charge is 2.49. The smallest absolute Gasteiger partial charge is 0.288 e. The van der Waals surface area contributed by atoms with E-state index in [4.69, 9.17) is 25.8 Å². The number of fused-ring (bicyclic) bond motifs is 2. The molecule has 0 unspecified atom stereocenters. The Hall–Kier alpha value is -4.13. The molecule has 2 aromatic heterocycles. The molecule has 1 spiro atoms. The van der Waals surface area contributed by atoms with Crippen molar-refractivity contribution in [3.05, 3.63) is 69.5 Å². The second kappa shape index (κ2) is 16.0. The van der Waals surface area contributed by atoms with E-state index >= 15 is 0 Å². The fraction of sp³-hybridized carbons (Fsp3) is 0.524. The molecule has 5 aliphatic rings. The molecular weight excluding hydrogens is 832 g/mol. The standard InChI is InChI=1S/C42H49ClN6O9S2/c1-25-23-56-14-13-48(25)28-19-42(20-28)9-11-47(12-10-42)27-3-4-31(35(15-27)58-29-16-32-33(43)22-45-39(32)44-21-29)40(50)46-60(54,55)30-17-34(49(52)53)38-36(18-30)57-24-37(59-38)26-5-7-41(2,51)8-6-26/h3-4,15-18,21-22,25-26,28,37,51H,5-14,19-20,23-24H2,1-2H3,(H,44,45)(H,46,50)/t25-,26-,37+,41-/m0/s1. The normalized spacial score (nSPS) is 25.9. The number of rotatable bonds is 9. The van der Waals surface area contributed by atoms with E-state index in [1.54, 1.807) is 24.4 Å². The van der Waals surface area contributed by atoms with Gasteiger partial charge in [-0.2, -0.15) is 0 Å². The van der Waals surface area contributed by atoms with E-state index in [1.807, 2.05) is 6.92 Å². The molecule has 18 heteroatoms. The van der Waals surface area contributed by atoms with E-state index in [1.165, 1.54) is 42.9 Å². The number of carbonyl (C=O) groups is 1. The number of halogens is 1. The number of hydrogen-bond donors (Lipinski definition) is 3. The van der Waals surface area contributed by atoms with Crippen LogP contribution in [-0.2, 0) is 14.8 Å². The SMILES string of the molecule is C[C@H]1COCCN1C1CC2(CCN(c3ccc(C(=O)NS(=O)(=O)c4cc5c(c([N+](=O)[O-])c4)S[C@@H]([C@H]4CC[C@](C)(O)CC4)CO5)c(Oc4cnc5[nH]cc(Cl)c5c4)c3)CC2)C1. The van der Waals surface area contributed by atoms with Crippen molar-refractivity contribution in [2.24, 2.45) is 11.3 Å². The van der Waals surface area contributed by atoms with Crippen LogP contribution in [0.3, 0.4) is 0 Å². The van der Waals surface area contributed by atoms with Crippen molar-refractivity contribution in [1.29, 1.82) is 0 Å². The molecule has 2 aromatic carbocycles. The molecule has 15 nitrogen and oxygen atoms in total. The van der Waals surface area contributed by atoms with Crippen LogP contribution >= 0.6 is 23.4 Å². The summed E-state index contributed by atoms with van der Waals surface area (Å²) in [5.41, 5.74) is 0.460. The molecule has 2 atom stereocenters. The summed E-state index contributed by atoms with van der Waals surface area (Å²) in [6.45, 7) is 8.46. The monoisotopic (exact) mass is 880 g/mol. The van der Waals surface area contributed by atoms with Crippen LogP contribution < -0.4 is 19.1 Å². The van der Waals surface area contributed by atoms with Gasteiger partial charge in [-0.15, -0.1) is 11.8 Å². The second-order valence-electron chi connectivity index (χ2n) is 17.5. The van der Waals surface area contributed by atoms with Crippen molar-refractivity contribution in [3.8, 4) is 17.2 Å². The first kappa shape index (κ1) is 41.2. The molecule has 3 aliphatic heterocycles. The van der Waals surface area contributed by atoms with Gasteiger partial charge in [0.1, 0.15) is 34.4 Å². The number of aromatic amines is 1. The molecule has 320 valence electrons. The number of hydrogen-bond acceptors (Lipinski definition) is 13. The highest BCUT2D eigenvalue weighted by atomic mass is 35.5. The lowest BCUT2D eigenvalue weighted by Gasteiger charge is -2.57. The summed E-state index contributed by atoms with van der Waals surface area (Å²) in [6, 6.07) is 9.95. The van der Waals surface area contributed by atoms with Crippen LogP contribution in [0.1, 0.15) is 75.6 Å². The topological polar surface area (TPSA) is 189 Å². The van der Waals surface area contributed by atoms with Gasteiger partial charge in [0.2, 0.25) is 0 Å². The number of benzene rings is 2. The first-order valence-corrected chi connectivity index (χ1v) is 23.3. The number of nitrogens with one attached hydrogen (secondary N) is 2. The van der Waals surface area contributed by atoms with Crippen LogP contribution in [0.4, 0.5) is 11.4 Å². The lowest BCUT2D eigenvalue weighted by Crippen LogP contribution is -2.59. The Labute approximate surface area is 357 Å². The van der Waals surface area contributed by atoms with Crippen molar-refractivity contribution >= 4 is 61.7 Å². The van der Waals surface area contributed by atoms with E-state index in [0.717, 1.165) is 70.3 Å². The van der Waals surface area contributed by atoms with Crippen molar-refractivity contribution in [2.75, 3.05) is 44.4 Å². The van der Waals surface area contributed by atoms with Crippen molar-refractivity contribution in [2.45, 2.75) is 97.9 Å². The fourth-order valence-electron chi connectivity index (χ4n) is 9.76. The summed E-state index contributed by atoms with van der Waals surface area (Å²) in [4.78, 5) is 37.7.